The van der Waals surface area contributed by atoms with Crippen molar-refractivity contribution in [2.75, 3.05) is 7.11 Å². The number of ether oxygens (including phenoxy) is 2. The van der Waals surface area contributed by atoms with Crippen LogP contribution in [0, 0.1) is 11.5 Å². The molecule has 0 fully saturated rings. The molecule has 2 aromatic carbocycles. The van der Waals surface area contributed by atoms with Gasteiger partial charge in [-0.25, -0.2) is 0 Å². The summed E-state index contributed by atoms with van der Waals surface area (Å²) in [6.45, 7) is 0.474. The largest absolute Gasteiger partial charge is 0.489 e. The number of esters is 1. The van der Waals surface area contributed by atoms with Gasteiger partial charge in [0.05, 0.1) is 19.2 Å². The van der Waals surface area contributed by atoms with E-state index < -0.39 is 5.97 Å². The number of methoxy groups -OCH3 is 1. The van der Waals surface area contributed by atoms with Crippen molar-refractivity contribution in [1.29, 1.82) is 5.26 Å². The van der Waals surface area contributed by atoms with E-state index in [2.05, 4.69) is 9.73 Å². The van der Waals surface area contributed by atoms with Gasteiger partial charge in [-0.2, -0.15) is 10.3 Å². The van der Waals surface area contributed by atoms with Crippen LogP contribution in [0.15, 0.2) is 59.6 Å². The Morgan fingerprint density at radius 3 is 2.43 bits per heavy atom. The highest BCUT2D eigenvalue weighted by Crippen LogP contribution is 2.16. The van der Waals surface area contributed by atoms with Crippen LogP contribution in [0.1, 0.15) is 17.5 Å². The fourth-order valence-electron chi connectivity index (χ4n) is 1.96. The molecular formula is C18H16N2O3. The van der Waals surface area contributed by atoms with Crippen molar-refractivity contribution in [3.05, 3.63) is 65.7 Å². The summed E-state index contributed by atoms with van der Waals surface area (Å²) in [6, 6.07) is 16.9. The molecule has 0 spiro atoms. The number of aliphatic imine (C=N–C) groups is 1. The first kappa shape index (κ1) is 16.2. The molecular weight excluding hydrogens is 292 g/mol. The fourth-order valence-corrected chi connectivity index (χ4v) is 1.96. The first-order valence-corrected chi connectivity index (χ1v) is 7.02. The lowest BCUT2D eigenvalue weighted by atomic mass is 10.1. The van der Waals surface area contributed by atoms with E-state index in [-0.39, 0.29) is 6.42 Å². The molecule has 5 nitrogen and oxygen atoms in total. The SMILES string of the molecule is COC(=O)CC(=NC#N)c1ccc(OCc2ccccc2)cc1. The lowest BCUT2D eigenvalue weighted by Gasteiger charge is -2.08. The van der Waals surface area contributed by atoms with Crippen LogP contribution >= 0.6 is 0 Å². The lowest BCUT2D eigenvalue weighted by molar-refractivity contribution is -0.139. The molecule has 0 unspecified atom stereocenters. The lowest BCUT2D eigenvalue weighted by Crippen LogP contribution is -2.10. The maximum absolute atomic E-state index is 11.4. The average molecular weight is 308 g/mol. The van der Waals surface area contributed by atoms with Gasteiger partial charge in [-0.05, 0) is 35.4 Å². The summed E-state index contributed by atoms with van der Waals surface area (Å²) < 4.78 is 10.3. The Morgan fingerprint density at radius 1 is 1.13 bits per heavy atom. The van der Waals surface area contributed by atoms with E-state index in [0.717, 1.165) is 5.56 Å². The number of hydrogen-bond acceptors (Lipinski definition) is 5. The molecule has 0 aliphatic rings. The second kappa shape index (κ2) is 8.35. The van der Waals surface area contributed by atoms with Gasteiger partial charge in [-0.3, -0.25) is 4.79 Å². The van der Waals surface area contributed by atoms with Gasteiger partial charge in [-0.15, -0.1) is 0 Å². The molecule has 0 heterocycles. The van der Waals surface area contributed by atoms with Crippen molar-refractivity contribution in [3.8, 4) is 11.9 Å². The summed E-state index contributed by atoms with van der Waals surface area (Å²) in [6.07, 6.45) is 1.66. The van der Waals surface area contributed by atoms with Crippen LogP contribution in [0.2, 0.25) is 0 Å². The van der Waals surface area contributed by atoms with Crippen LogP contribution in [-0.4, -0.2) is 18.8 Å². The smallest absolute Gasteiger partial charge is 0.311 e. The maximum atomic E-state index is 11.4. The van der Waals surface area contributed by atoms with Crippen molar-refractivity contribution in [1.82, 2.24) is 0 Å². The maximum Gasteiger partial charge on any atom is 0.311 e. The van der Waals surface area contributed by atoms with Gasteiger partial charge in [0, 0.05) is 0 Å². The second-order valence-electron chi connectivity index (χ2n) is 4.71. The van der Waals surface area contributed by atoms with Gasteiger partial charge < -0.3 is 9.47 Å². The normalized spacial score (nSPS) is 10.7. The Balaban J connectivity index is 2.04. The van der Waals surface area contributed by atoms with E-state index in [9.17, 15) is 4.79 Å². The number of hydrogen-bond donors (Lipinski definition) is 0. The molecule has 116 valence electrons. The zero-order chi connectivity index (χ0) is 16.5. The Hall–Kier alpha value is -3.13. The molecule has 2 aromatic rings. The Morgan fingerprint density at radius 2 is 1.83 bits per heavy atom. The summed E-state index contributed by atoms with van der Waals surface area (Å²) >= 11 is 0. The number of nitriles is 1. The molecule has 0 bridgehead atoms. The Bertz CT molecular complexity index is 716. The minimum Gasteiger partial charge on any atom is -0.489 e. The van der Waals surface area contributed by atoms with Gasteiger partial charge in [0.1, 0.15) is 12.4 Å². The van der Waals surface area contributed by atoms with Gasteiger partial charge in [0.2, 0.25) is 6.19 Å². The highest BCUT2D eigenvalue weighted by Gasteiger charge is 2.10. The molecule has 0 aliphatic heterocycles. The van der Waals surface area contributed by atoms with E-state index >= 15 is 0 Å². The molecule has 2 rings (SSSR count). The minimum atomic E-state index is -0.441. The van der Waals surface area contributed by atoms with Crippen molar-refractivity contribution >= 4 is 11.7 Å². The quantitative estimate of drug-likeness (QED) is 0.467. The predicted molar refractivity (Wildman–Crippen MR) is 86.0 cm³/mol. The minimum absolute atomic E-state index is 0.0473. The number of nitrogens with zero attached hydrogens (tertiary/aromatic N) is 2. The summed E-state index contributed by atoms with van der Waals surface area (Å²) in [5, 5.41) is 8.73. The summed E-state index contributed by atoms with van der Waals surface area (Å²) in [4.78, 5) is 15.0. The van der Waals surface area contributed by atoms with Crippen molar-refractivity contribution in [2.45, 2.75) is 13.0 Å². The number of benzene rings is 2. The monoisotopic (exact) mass is 308 g/mol. The number of carbonyl (C=O) groups is 1. The van der Waals surface area contributed by atoms with Crippen molar-refractivity contribution in [2.24, 2.45) is 4.99 Å². The molecule has 0 N–H and O–H groups in total. The van der Waals surface area contributed by atoms with Crippen LogP contribution in [0.3, 0.4) is 0 Å². The zero-order valence-electron chi connectivity index (χ0n) is 12.7. The van der Waals surface area contributed by atoms with E-state index in [1.54, 1.807) is 30.5 Å². The van der Waals surface area contributed by atoms with Gasteiger partial charge in [0.15, 0.2) is 0 Å². The molecule has 0 saturated carbocycles. The summed E-state index contributed by atoms with van der Waals surface area (Å²) in [5.74, 6) is 0.260. The highest BCUT2D eigenvalue weighted by atomic mass is 16.5. The van der Waals surface area contributed by atoms with Crippen LogP contribution in [-0.2, 0) is 16.1 Å². The molecule has 0 atom stereocenters. The van der Waals surface area contributed by atoms with Gasteiger partial charge >= 0.3 is 5.97 Å². The first-order chi connectivity index (χ1) is 11.2. The third kappa shape index (κ3) is 4.97. The number of rotatable bonds is 6. The van der Waals surface area contributed by atoms with E-state index in [4.69, 9.17) is 10.00 Å². The fraction of sp³-hybridized carbons (Fsp3) is 0.167. The molecule has 5 heteroatoms. The second-order valence-corrected chi connectivity index (χ2v) is 4.71. The van der Waals surface area contributed by atoms with E-state index in [1.807, 2.05) is 30.3 Å². The van der Waals surface area contributed by atoms with Crippen LogP contribution in [0.25, 0.3) is 0 Å². The molecule has 0 aromatic heterocycles. The topological polar surface area (TPSA) is 71.7 Å². The van der Waals surface area contributed by atoms with Crippen molar-refractivity contribution in [3.63, 3.8) is 0 Å². The first-order valence-electron chi connectivity index (χ1n) is 7.02. The van der Waals surface area contributed by atoms with Crippen LogP contribution in [0.5, 0.6) is 5.75 Å². The predicted octanol–water partition coefficient (Wildman–Crippen LogP) is 3.10. The van der Waals surface area contributed by atoms with E-state index in [1.165, 1.54) is 7.11 Å². The zero-order valence-corrected chi connectivity index (χ0v) is 12.7. The summed E-state index contributed by atoms with van der Waals surface area (Å²) in [5.41, 5.74) is 2.13. The average Bonchev–Trinajstić information content (AvgIpc) is 2.61. The molecule has 0 amide bonds. The summed E-state index contributed by atoms with van der Waals surface area (Å²) in [7, 11) is 1.30. The Labute approximate surface area is 134 Å². The molecule has 0 saturated heterocycles. The van der Waals surface area contributed by atoms with Crippen LogP contribution < -0.4 is 4.74 Å². The van der Waals surface area contributed by atoms with Gasteiger partial charge in [-0.1, -0.05) is 30.3 Å². The van der Waals surface area contributed by atoms with E-state index in [0.29, 0.717) is 23.6 Å². The molecule has 0 radical (unpaired) electrons. The van der Waals surface area contributed by atoms with Gasteiger partial charge in [0.25, 0.3) is 0 Å². The van der Waals surface area contributed by atoms with Crippen LogP contribution in [0.4, 0.5) is 0 Å². The third-order valence-electron chi connectivity index (χ3n) is 3.16. The molecule has 0 aliphatic carbocycles. The van der Waals surface area contributed by atoms with Crippen molar-refractivity contribution < 1.29 is 14.3 Å². The highest BCUT2D eigenvalue weighted by molar-refractivity contribution is 6.09. The molecule has 23 heavy (non-hydrogen) atoms. The Kier molecular flexibility index (Phi) is 5.89. The third-order valence-corrected chi connectivity index (χ3v) is 3.16. The standard InChI is InChI=1S/C18H16N2O3/c1-22-18(21)11-17(20-13-19)15-7-9-16(10-8-15)23-12-14-5-3-2-4-6-14/h2-10H,11-12H2,1H3. The number of carbonyl (C=O) groups excluding carboxylic acids is 1.